The van der Waals surface area contributed by atoms with Gasteiger partial charge in [0.05, 0.1) is 17.2 Å². The zero-order valence-corrected chi connectivity index (χ0v) is 13.7. The number of hydrogen-bond donors (Lipinski definition) is 0. The summed E-state index contributed by atoms with van der Waals surface area (Å²) in [5.41, 5.74) is 0. The Labute approximate surface area is 133 Å². The van der Waals surface area contributed by atoms with Crippen LogP contribution in [0.4, 0.5) is 0 Å². The lowest BCUT2D eigenvalue weighted by Crippen LogP contribution is -2.48. The molecule has 2 rings (SSSR count). The molecule has 0 spiro atoms. The maximum absolute atomic E-state index is 12.8. The number of piperidine rings is 1. The highest BCUT2D eigenvalue weighted by Gasteiger charge is 2.39. The van der Waals surface area contributed by atoms with Crippen LogP contribution in [0.5, 0.6) is 0 Å². The molecule has 0 amide bonds. The number of halogens is 2. The van der Waals surface area contributed by atoms with Gasteiger partial charge in [0.25, 0.3) is 0 Å². The Morgan fingerprint density at radius 2 is 1.90 bits per heavy atom. The number of esters is 1. The van der Waals surface area contributed by atoms with E-state index in [2.05, 4.69) is 0 Å². The minimum atomic E-state index is -3.96. The predicted octanol–water partition coefficient (Wildman–Crippen LogP) is 2.71. The number of carbonyl (C=O) groups excluding carboxylic acids is 1. The molecule has 116 valence electrons. The van der Waals surface area contributed by atoms with E-state index in [1.165, 1.54) is 19.2 Å². The number of carbonyl (C=O) groups is 1. The number of benzene rings is 1. The largest absolute Gasteiger partial charge is 0.468 e. The zero-order chi connectivity index (χ0) is 15.6. The molecule has 0 aliphatic carbocycles. The SMILES string of the molecule is COC(=O)[C@H]1CCCCN1S(=O)(=O)c1c(Cl)cccc1Cl. The van der Waals surface area contributed by atoms with E-state index < -0.39 is 22.0 Å². The lowest BCUT2D eigenvalue weighted by atomic mass is 10.1. The second-order valence-corrected chi connectivity index (χ2v) is 7.34. The molecule has 1 aliphatic heterocycles. The highest BCUT2D eigenvalue weighted by atomic mass is 35.5. The molecule has 1 atom stereocenters. The van der Waals surface area contributed by atoms with Crippen molar-refractivity contribution in [3.63, 3.8) is 0 Å². The van der Waals surface area contributed by atoms with E-state index in [9.17, 15) is 13.2 Å². The molecule has 0 aromatic heterocycles. The Hall–Kier alpha value is -0.820. The van der Waals surface area contributed by atoms with Crippen molar-refractivity contribution >= 4 is 39.2 Å². The van der Waals surface area contributed by atoms with Crippen molar-refractivity contribution in [2.75, 3.05) is 13.7 Å². The minimum Gasteiger partial charge on any atom is -0.468 e. The van der Waals surface area contributed by atoms with Gasteiger partial charge >= 0.3 is 5.97 Å². The topological polar surface area (TPSA) is 63.7 Å². The summed E-state index contributed by atoms with van der Waals surface area (Å²) in [6, 6.07) is 3.65. The van der Waals surface area contributed by atoms with Crippen molar-refractivity contribution in [3.8, 4) is 0 Å². The summed E-state index contributed by atoms with van der Waals surface area (Å²) >= 11 is 12.0. The Morgan fingerprint density at radius 1 is 1.29 bits per heavy atom. The molecule has 1 aromatic carbocycles. The first-order chi connectivity index (χ1) is 9.89. The summed E-state index contributed by atoms with van der Waals surface area (Å²) < 4.78 is 31.5. The van der Waals surface area contributed by atoms with Gasteiger partial charge in [0, 0.05) is 6.54 Å². The van der Waals surface area contributed by atoms with E-state index in [1.807, 2.05) is 0 Å². The Kier molecular flexibility index (Phi) is 5.14. The molecule has 1 saturated heterocycles. The number of nitrogens with zero attached hydrogens (tertiary/aromatic N) is 1. The van der Waals surface area contributed by atoms with Gasteiger partial charge in [0.1, 0.15) is 10.9 Å². The quantitative estimate of drug-likeness (QED) is 0.785. The monoisotopic (exact) mass is 351 g/mol. The maximum atomic E-state index is 12.8. The smallest absolute Gasteiger partial charge is 0.324 e. The normalized spacial score (nSPS) is 20.2. The average molecular weight is 352 g/mol. The highest BCUT2D eigenvalue weighted by Crippen LogP contribution is 2.34. The van der Waals surface area contributed by atoms with Crippen LogP contribution in [0, 0.1) is 0 Å². The van der Waals surface area contributed by atoms with E-state index in [1.54, 1.807) is 6.07 Å². The zero-order valence-electron chi connectivity index (χ0n) is 11.4. The third-order valence-electron chi connectivity index (χ3n) is 3.41. The van der Waals surface area contributed by atoms with Gasteiger partial charge in [-0.15, -0.1) is 0 Å². The van der Waals surface area contributed by atoms with Crippen LogP contribution >= 0.6 is 23.2 Å². The van der Waals surface area contributed by atoms with Crippen molar-refractivity contribution in [2.45, 2.75) is 30.2 Å². The van der Waals surface area contributed by atoms with Crippen LogP contribution in [0.3, 0.4) is 0 Å². The maximum Gasteiger partial charge on any atom is 0.324 e. The molecule has 8 heteroatoms. The summed E-state index contributed by atoms with van der Waals surface area (Å²) in [6.07, 6.45) is 1.87. The summed E-state index contributed by atoms with van der Waals surface area (Å²) in [5.74, 6) is -0.568. The molecule has 1 aromatic rings. The average Bonchev–Trinajstić information content (AvgIpc) is 2.46. The van der Waals surface area contributed by atoms with Crippen LogP contribution in [-0.2, 0) is 19.6 Å². The number of methoxy groups -OCH3 is 1. The number of rotatable bonds is 3. The second kappa shape index (κ2) is 6.52. The number of hydrogen-bond acceptors (Lipinski definition) is 4. The fraction of sp³-hybridized carbons (Fsp3) is 0.462. The first-order valence-corrected chi connectivity index (χ1v) is 8.63. The van der Waals surface area contributed by atoms with Crippen molar-refractivity contribution in [3.05, 3.63) is 28.2 Å². The first-order valence-electron chi connectivity index (χ1n) is 6.43. The number of sulfonamides is 1. The first kappa shape index (κ1) is 16.5. The van der Waals surface area contributed by atoms with Crippen LogP contribution < -0.4 is 0 Å². The second-order valence-electron chi connectivity index (χ2n) is 4.70. The van der Waals surface area contributed by atoms with Crippen molar-refractivity contribution < 1.29 is 17.9 Å². The Morgan fingerprint density at radius 3 is 2.48 bits per heavy atom. The third-order valence-corrected chi connectivity index (χ3v) is 6.28. The minimum absolute atomic E-state index is 0.0386. The summed E-state index contributed by atoms with van der Waals surface area (Å²) in [4.78, 5) is 11.7. The third kappa shape index (κ3) is 3.18. The van der Waals surface area contributed by atoms with Crippen LogP contribution in [0.15, 0.2) is 23.1 Å². The van der Waals surface area contributed by atoms with Gasteiger partial charge in [-0.05, 0) is 31.4 Å². The van der Waals surface area contributed by atoms with E-state index in [0.29, 0.717) is 12.8 Å². The van der Waals surface area contributed by atoms with Gasteiger partial charge in [-0.25, -0.2) is 8.42 Å². The molecule has 0 unspecified atom stereocenters. The Balaban J connectivity index is 2.48. The van der Waals surface area contributed by atoms with Crippen LogP contribution in [0.25, 0.3) is 0 Å². The fourth-order valence-electron chi connectivity index (χ4n) is 2.41. The molecular formula is C13H15Cl2NO4S. The Bertz CT molecular complexity index is 627. The molecule has 1 aliphatic rings. The fourth-order valence-corrected chi connectivity index (χ4v) is 5.15. The molecule has 0 N–H and O–H groups in total. The van der Waals surface area contributed by atoms with Gasteiger partial charge in [-0.2, -0.15) is 4.31 Å². The molecule has 1 fully saturated rings. The summed E-state index contributed by atoms with van der Waals surface area (Å²) in [7, 11) is -2.72. The molecule has 21 heavy (non-hydrogen) atoms. The van der Waals surface area contributed by atoms with Crippen molar-refractivity contribution in [1.29, 1.82) is 0 Å². The lowest BCUT2D eigenvalue weighted by molar-refractivity contribution is -0.146. The van der Waals surface area contributed by atoms with E-state index in [-0.39, 0.29) is 21.5 Å². The van der Waals surface area contributed by atoms with E-state index in [0.717, 1.165) is 10.7 Å². The van der Waals surface area contributed by atoms with Crippen molar-refractivity contribution in [2.24, 2.45) is 0 Å². The van der Waals surface area contributed by atoms with Crippen molar-refractivity contribution in [1.82, 2.24) is 4.31 Å². The van der Waals surface area contributed by atoms with Crippen LogP contribution in [-0.4, -0.2) is 38.4 Å². The molecule has 0 radical (unpaired) electrons. The standard InChI is InChI=1S/C13H15Cl2NO4S/c1-20-13(17)11-7-2-3-8-16(11)21(18,19)12-9(14)5-4-6-10(12)15/h4-6,11H,2-3,7-8H2,1H3/t11-/m1/s1. The van der Waals surface area contributed by atoms with Gasteiger partial charge in [-0.1, -0.05) is 29.3 Å². The molecular weight excluding hydrogens is 337 g/mol. The van der Waals surface area contributed by atoms with E-state index in [4.69, 9.17) is 27.9 Å². The predicted molar refractivity (Wildman–Crippen MR) is 80.0 cm³/mol. The molecule has 0 saturated carbocycles. The van der Waals surface area contributed by atoms with Gasteiger partial charge in [-0.3, -0.25) is 4.79 Å². The summed E-state index contributed by atoms with van der Waals surface area (Å²) in [5, 5.41) is 0.0772. The molecule has 5 nitrogen and oxygen atoms in total. The molecule has 0 bridgehead atoms. The molecule has 1 heterocycles. The van der Waals surface area contributed by atoms with E-state index >= 15 is 0 Å². The van der Waals surface area contributed by atoms with Gasteiger partial charge in [0.15, 0.2) is 0 Å². The summed E-state index contributed by atoms with van der Waals surface area (Å²) in [6.45, 7) is 0.240. The van der Waals surface area contributed by atoms with Crippen LogP contribution in [0.2, 0.25) is 10.0 Å². The van der Waals surface area contributed by atoms with Crippen LogP contribution in [0.1, 0.15) is 19.3 Å². The number of ether oxygens (including phenoxy) is 1. The lowest BCUT2D eigenvalue weighted by Gasteiger charge is -2.33. The van der Waals surface area contributed by atoms with Gasteiger partial charge < -0.3 is 4.74 Å². The highest BCUT2D eigenvalue weighted by molar-refractivity contribution is 7.89. The van der Waals surface area contributed by atoms with Gasteiger partial charge in [0.2, 0.25) is 10.0 Å².